The second-order valence-corrected chi connectivity index (χ2v) is 5.15. The number of hydrogen-bond acceptors (Lipinski definition) is 2. The van der Waals surface area contributed by atoms with Gasteiger partial charge in [0.25, 0.3) is 0 Å². The van der Waals surface area contributed by atoms with E-state index in [1.807, 2.05) is 0 Å². The molecule has 3 N–H and O–H groups in total. The van der Waals surface area contributed by atoms with Gasteiger partial charge in [-0.25, -0.2) is 0 Å². The van der Waals surface area contributed by atoms with Crippen LogP contribution in [0.15, 0.2) is 0 Å². The van der Waals surface area contributed by atoms with E-state index in [1.165, 1.54) is 13.3 Å². The smallest absolute Gasteiger partial charge is 0.319 e. The van der Waals surface area contributed by atoms with Crippen LogP contribution >= 0.6 is 0 Å². The molecule has 2 aliphatic rings. The monoisotopic (exact) mass is 211 g/mol. The first kappa shape index (κ1) is 10.5. The number of carboxylic acids is 1. The molecule has 0 aromatic rings. The molecule has 0 aromatic carbocycles. The molecule has 2 aliphatic carbocycles. The molecule has 15 heavy (non-hydrogen) atoms. The van der Waals surface area contributed by atoms with Gasteiger partial charge in [-0.3, -0.25) is 9.59 Å². The van der Waals surface area contributed by atoms with Crippen molar-refractivity contribution in [3.8, 4) is 0 Å². The van der Waals surface area contributed by atoms with E-state index in [0.717, 1.165) is 19.3 Å². The average Bonchev–Trinajstić information content (AvgIpc) is 2.76. The van der Waals surface area contributed by atoms with Gasteiger partial charge in [-0.05, 0) is 43.9 Å². The Balaban J connectivity index is 2.27. The van der Waals surface area contributed by atoms with Crippen molar-refractivity contribution < 1.29 is 14.7 Å². The Hall–Kier alpha value is -1.06. The molecule has 0 spiro atoms. The first-order chi connectivity index (χ1) is 6.96. The number of carbonyl (C=O) groups is 2. The molecule has 0 aromatic heterocycles. The minimum absolute atomic E-state index is 0.0498. The maximum atomic E-state index is 11.4. The Morgan fingerprint density at radius 3 is 2.33 bits per heavy atom. The molecule has 4 nitrogen and oxygen atoms in total. The van der Waals surface area contributed by atoms with Crippen molar-refractivity contribution in [3.63, 3.8) is 0 Å². The van der Waals surface area contributed by atoms with Crippen LogP contribution in [0.1, 0.15) is 32.6 Å². The number of aliphatic carboxylic acids is 1. The minimum atomic E-state index is -1.36. The standard InChI is InChI=1S/C11H17NO3/c1-11(9(12)13,10(14)15)8-5-6-2-3-7(8)4-6/h6-8H,2-5H2,1H3,(H2,12,13)(H,14,15). The van der Waals surface area contributed by atoms with Crippen molar-refractivity contribution in [2.75, 3.05) is 0 Å². The van der Waals surface area contributed by atoms with Crippen molar-refractivity contribution in [3.05, 3.63) is 0 Å². The summed E-state index contributed by atoms with van der Waals surface area (Å²) >= 11 is 0. The van der Waals surface area contributed by atoms with E-state index in [0.29, 0.717) is 11.8 Å². The van der Waals surface area contributed by atoms with Crippen LogP contribution < -0.4 is 5.73 Å². The zero-order chi connectivity index (χ0) is 11.2. The number of rotatable bonds is 3. The molecule has 2 saturated carbocycles. The average molecular weight is 211 g/mol. The number of nitrogens with two attached hydrogens (primary N) is 1. The lowest BCUT2D eigenvalue weighted by atomic mass is 9.68. The highest BCUT2D eigenvalue weighted by molar-refractivity contribution is 6.01. The molecule has 1 amide bonds. The van der Waals surface area contributed by atoms with Crippen LogP contribution in [0.25, 0.3) is 0 Å². The fourth-order valence-electron chi connectivity index (χ4n) is 3.40. The Labute approximate surface area is 88.8 Å². The molecule has 0 aliphatic heterocycles. The van der Waals surface area contributed by atoms with Crippen molar-refractivity contribution >= 4 is 11.9 Å². The maximum Gasteiger partial charge on any atom is 0.319 e. The third-order valence-electron chi connectivity index (χ3n) is 4.44. The topological polar surface area (TPSA) is 80.4 Å². The van der Waals surface area contributed by atoms with Gasteiger partial charge in [0.05, 0.1) is 0 Å². The minimum Gasteiger partial charge on any atom is -0.480 e. The van der Waals surface area contributed by atoms with Gasteiger partial charge in [0.15, 0.2) is 0 Å². The van der Waals surface area contributed by atoms with E-state index >= 15 is 0 Å². The number of amides is 1. The third kappa shape index (κ3) is 1.34. The van der Waals surface area contributed by atoms with E-state index in [-0.39, 0.29) is 5.92 Å². The lowest BCUT2D eigenvalue weighted by molar-refractivity contribution is -0.158. The summed E-state index contributed by atoms with van der Waals surface area (Å²) in [5.74, 6) is -0.784. The fourth-order valence-corrected chi connectivity index (χ4v) is 3.40. The summed E-state index contributed by atoms with van der Waals surface area (Å²) in [5.41, 5.74) is 3.90. The number of carboxylic acid groups (broad SMARTS) is 1. The van der Waals surface area contributed by atoms with Crippen LogP contribution in [0, 0.1) is 23.2 Å². The zero-order valence-corrected chi connectivity index (χ0v) is 8.90. The van der Waals surface area contributed by atoms with Crippen LogP contribution in [0.5, 0.6) is 0 Å². The van der Waals surface area contributed by atoms with Crippen molar-refractivity contribution in [2.24, 2.45) is 28.9 Å². The second-order valence-electron chi connectivity index (χ2n) is 5.15. The summed E-state index contributed by atoms with van der Waals surface area (Å²) in [5, 5.41) is 9.19. The first-order valence-electron chi connectivity index (χ1n) is 5.49. The van der Waals surface area contributed by atoms with E-state index in [1.54, 1.807) is 0 Å². The highest BCUT2D eigenvalue weighted by atomic mass is 16.4. The normalized spacial score (nSPS) is 37.5. The Morgan fingerprint density at radius 1 is 1.33 bits per heavy atom. The van der Waals surface area contributed by atoms with Crippen LogP contribution in [-0.4, -0.2) is 17.0 Å². The lowest BCUT2D eigenvalue weighted by Gasteiger charge is -2.34. The van der Waals surface area contributed by atoms with Gasteiger partial charge in [-0.2, -0.15) is 0 Å². The quantitative estimate of drug-likeness (QED) is 0.683. The highest BCUT2D eigenvalue weighted by Crippen LogP contribution is 2.54. The van der Waals surface area contributed by atoms with Gasteiger partial charge < -0.3 is 10.8 Å². The Bertz CT molecular complexity index is 299. The lowest BCUT2D eigenvalue weighted by Crippen LogP contribution is -2.48. The zero-order valence-electron chi connectivity index (χ0n) is 8.90. The highest BCUT2D eigenvalue weighted by Gasteiger charge is 2.55. The van der Waals surface area contributed by atoms with Gasteiger partial charge in [-0.15, -0.1) is 0 Å². The van der Waals surface area contributed by atoms with Crippen LogP contribution in [0.2, 0.25) is 0 Å². The summed E-state index contributed by atoms with van der Waals surface area (Å²) in [6, 6.07) is 0. The number of hydrogen-bond donors (Lipinski definition) is 2. The van der Waals surface area contributed by atoms with E-state index in [4.69, 9.17) is 5.73 Å². The first-order valence-corrected chi connectivity index (χ1v) is 5.49. The van der Waals surface area contributed by atoms with Gasteiger partial charge in [0.2, 0.25) is 5.91 Å². The largest absolute Gasteiger partial charge is 0.480 e. The second kappa shape index (κ2) is 3.22. The summed E-state index contributed by atoms with van der Waals surface area (Å²) in [6.07, 6.45) is 4.19. The predicted molar refractivity (Wildman–Crippen MR) is 53.9 cm³/mol. The summed E-state index contributed by atoms with van der Waals surface area (Å²) in [7, 11) is 0. The van der Waals surface area contributed by atoms with E-state index in [2.05, 4.69) is 0 Å². The van der Waals surface area contributed by atoms with Crippen LogP contribution in [-0.2, 0) is 9.59 Å². The fraction of sp³-hybridized carbons (Fsp3) is 0.818. The molecule has 84 valence electrons. The van der Waals surface area contributed by atoms with Crippen molar-refractivity contribution in [1.29, 1.82) is 0 Å². The van der Waals surface area contributed by atoms with Gasteiger partial charge in [0, 0.05) is 0 Å². The molecule has 4 heteroatoms. The molecule has 4 atom stereocenters. The molecular weight excluding hydrogens is 194 g/mol. The van der Waals surface area contributed by atoms with E-state index in [9.17, 15) is 14.7 Å². The molecular formula is C11H17NO3. The molecule has 2 bridgehead atoms. The van der Waals surface area contributed by atoms with Crippen LogP contribution in [0.4, 0.5) is 0 Å². The van der Waals surface area contributed by atoms with Gasteiger partial charge in [0.1, 0.15) is 5.41 Å². The number of carbonyl (C=O) groups excluding carboxylic acids is 1. The van der Waals surface area contributed by atoms with Crippen molar-refractivity contribution in [2.45, 2.75) is 32.6 Å². The summed E-state index contributed by atoms with van der Waals surface area (Å²) in [4.78, 5) is 22.6. The third-order valence-corrected chi connectivity index (χ3v) is 4.44. The molecule has 4 unspecified atom stereocenters. The van der Waals surface area contributed by atoms with Gasteiger partial charge in [-0.1, -0.05) is 6.42 Å². The Morgan fingerprint density at radius 2 is 2.00 bits per heavy atom. The molecule has 2 rings (SSSR count). The van der Waals surface area contributed by atoms with Gasteiger partial charge >= 0.3 is 5.97 Å². The molecule has 0 saturated heterocycles. The van der Waals surface area contributed by atoms with E-state index < -0.39 is 17.3 Å². The summed E-state index contributed by atoms with van der Waals surface area (Å²) < 4.78 is 0. The summed E-state index contributed by atoms with van der Waals surface area (Å²) in [6.45, 7) is 1.49. The molecule has 0 heterocycles. The molecule has 0 radical (unpaired) electrons. The van der Waals surface area contributed by atoms with Crippen molar-refractivity contribution in [1.82, 2.24) is 0 Å². The number of fused-ring (bicyclic) bond motifs is 2. The molecule has 2 fully saturated rings. The predicted octanol–water partition coefficient (Wildman–Crippen LogP) is 0.999. The number of primary amides is 1. The maximum absolute atomic E-state index is 11.4. The van der Waals surface area contributed by atoms with Crippen LogP contribution in [0.3, 0.4) is 0 Å². The Kier molecular flexibility index (Phi) is 2.24. The SMILES string of the molecule is CC(C(N)=O)(C(=O)O)C1CC2CCC1C2.